The average Bonchev–Trinajstić information content (AvgIpc) is 2.47. The first-order chi connectivity index (χ1) is 6.11. The molecule has 0 spiro atoms. The zero-order valence-corrected chi connectivity index (χ0v) is 8.62. The number of nitrogens with two attached hydrogens (primary N) is 1. The van der Waals surface area contributed by atoms with Gasteiger partial charge in [0.2, 0.25) is 5.91 Å². The van der Waals surface area contributed by atoms with Crippen LogP contribution in [0.5, 0.6) is 0 Å². The number of hydrogen-bond donors (Lipinski definition) is 1. The van der Waals surface area contributed by atoms with E-state index in [4.69, 9.17) is 5.73 Å². The third kappa shape index (κ3) is 2.99. The van der Waals surface area contributed by atoms with Gasteiger partial charge in [-0.05, 0) is 33.1 Å². The molecule has 0 radical (unpaired) electrons. The Bertz CT molecular complexity index is 180. The molecule has 1 amide bonds. The topological polar surface area (TPSA) is 46.3 Å². The molecule has 1 aliphatic heterocycles. The normalized spacial score (nSPS) is 24.8. The van der Waals surface area contributed by atoms with Gasteiger partial charge in [0.25, 0.3) is 0 Å². The van der Waals surface area contributed by atoms with Gasteiger partial charge in [0.05, 0.1) is 0 Å². The summed E-state index contributed by atoms with van der Waals surface area (Å²) in [5.41, 5.74) is 5.60. The van der Waals surface area contributed by atoms with Gasteiger partial charge in [-0.1, -0.05) is 0 Å². The van der Waals surface area contributed by atoms with Gasteiger partial charge in [-0.3, -0.25) is 4.79 Å². The molecule has 2 atom stereocenters. The summed E-state index contributed by atoms with van der Waals surface area (Å²) in [7, 11) is 0. The van der Waals surface area contributed by atoms with Crippen molar-refractivity contribution in [3.05, 3.63) is 0 Å². The smallest absolute Gasteiger partial charge is 0.222 e. The standard InChI is InChI=1S/C10H20N2O/c1-8(11)5-6-10(13)12-7-3-4-9(12)2/h8-9H,3-7,11H2,1-2H3. The fourth-order valence-electron chi connectivity index (χ4n) is 1.80. The Morgan fingerprint density at radius 3 is 2.85 bits per heavy atom. The maximum absolute atomic E-state index is 11.6. The summed E-state index contributed by atoms with van der Waals surface area (Å²) < 4.78 is 0. The molecule has 0 aromatic carbocycles. The molecule has 13 heavy (non-hydrogen) atoms. The quantitative estimate of drug-likeness (QED) is 0.714. The second kappa shape index (κ2) is 4.61. The molecular weight excluding hydrogens is 164 g/mol. The zero-order chi connectivity index (χ0) is 9.84. The molecule has 3 nitrogen and oxygen atoms in total. The Balaban J connectivity index is 2.30. The highest BCUT2D eigenvalue weighted by Crippen LogP contribution is 2.17. The molecule has 1 fully saturated rings. The van der Waals surface area contributed by atoms with Crippen molar-refractivity contribution in [3.63, 3.8) is 0 Å². The first kappa shape index (κ1) is 10.5. The number of amides is 1. The molecule has 1 saturated heterocycles. The van der Waals surface area contributed by atoms with Crippen LogP contribution in [-0.4, -0.2) is 29.4 Å². The van der Waals surface area contributed by atoms with Crippen molar-refractivity contribution < 1.29 is 4.79 Å². The van der Waals surface area contributed by atoms with Gasteiger partial charge in [-0.15, -0.1) is 0 Å². The lowest BCUT2D eigenvalue weighted by atomic mass is 10.1. The lowest BCUT2D eigenvalue weighted by Crippen LogP contribution is -2.34. The monoisotopic (exact) mass is 184 g/mol. The van der Waals surface area contributed by atoms with E-state index in [1.165, 1.54) is 0 Å². The fourth-order valence-corrected chi connectivity index (χ4v) is 1.80. The third-order valence-corrected chi connectivity index (χ3v) is 2.69. The number of carbonyl (C=O) groups excluding carboxylic acids is 1. The molecule has 1 rings (SSSR count). The first-order valence-corrected chi connectivity index (χ1v) is 5.16. The maximum atomic E-state index is 11.6. The lowest BCUT2D eigenvalue weighted by molar-refractivity contribution is -0.131. The summed E-state index contributed by atoms with van der Waals surface area (Å²) in [6, 6.07) is 0.586. The summed E-state index contributed by atoms with van der Waals surface area (Å²) in [5.74, 6) is 0.280. The highest BCUT2D eigenvalue weighted by Gasteiger charge is 2.24. The van der Waals surface area contributed by atoms with E-state index in [9.17, 15) is 4.79 Å². The molecule has 0 aromatic heterocycles. The van der Waals surface area contributed by atoms with Crippen molar-refractivity contribution in [1.29, 1.82) is 0 Å². The molecular formula is C10H20N2O. The zero-order valence-electron chi connectivity index (χ0n) is 8.62. The number of carbonyl (C=O) groups is 1. The summed E-state index contributed by atoms with van der Waals surface area (Å²) in [4.78, 5) is 13.6. The molecule has 2 N–H and O–H groups in total. The Labute approximate surface area is 80.3 Å². The van der Waals surface area contributed by atoms with Gasteiger partial charge >= 0.3 is 0 Å². The molecule has 1 heterocycles. The SMILES string of the molecule is CC(N)CCC(=O)N1CCCC1C. The minimum atomic E-state index is 0.141. The minimum Gasteiger partial charge on any atom is -0.340 e. The van der Waals surface area contributed by atoms with Gasteiger partial charge < -0.3 is 10.6 Å². The van der Waals surface area contributed by atoms with Crippen molar-refractivity contribution in [2.24, 2.45) is 5.73 Å². The summed E-state index contributed by atoms with van der Waals surface area (Å²) in [6.07, 6.45) is 3.74. The molecule has 3 heteroatoms. The predicted molar refractivity (Wildman–Crippen MR) is 53.3 cm³/mol. The van der Waals surface area contributed by atoms with Gasteiger partial charge in [-0.25, -0.2) is 0 Å². The summed E-state index contributed by atoms with van der Waals surface area (Å²) in [6.45, 7) is 5.01. The van der Waals surface area contributed by atoms with E-state index in [1.807, 2.05) is 11.8 Å². The second-order valence-electron chi connectivity index (χ2n) is 4.09. The average molecular weight is 184 g/mol. The van der Waals surface area contributed by atoms with Crippen molar-refractivity contribution in [1.82, 2.24) is 4.90 Å². The van der Waals surface area contributed by atoms with Gasteiger partial charge in [0.1, 0.15) is 0 Å². The Morgan fingerprint density at radius 1 is 1.69 bits per heavy atom. The van der Waals surface area contributed by atoms with E-state index < -0.39 is 0 Å². The maximum Gasteiger partial charge on any atom is 0.222 e. The second-order valence-corrected chi connectivity index (χ2v) is 4.09. The number of likely N-dealkylation sites (tertiary alicyclic amines) is 1. The number of nitrogens with zero attached hydrogens (tertiary/aromatic N) is 1. The van der Waals surface area contributed by atoms with E-state index in [1.54, 1.807) is 0 Å². The summed E-state index contributed by atoms with van der Waals surface area (Å²) in [5, 5.41) is 0. The van der Waals surface area contributed by atoms with Crippen LogP contribution in [-0.2, 0) is 4.79 Å². The van der Waals surface area contributed by atoms with E-state index in [-0.39, 0.29) is 11.9 Å². The van der Waals surface area contributed by atoms with Crippen LogP contribution < -0.4 is 5.73 Å². The molecule has 0 bridgehead atoms. The van der Waals surface area contributed by atoms with E-state index >= 15 is 0 Å². The molecule has 0 saturated carbocycles. The molecule has 1 aliphatic rings. The van der Waals surface area contributed by atoms with E-state index in [2.05, 4.69) is 6.92 Å². The highest BCUT2D eigenvalue weighted by atomic mass is 16.2. The predicted octanol–water partition coefficient (Wildman–Crippen LogP) is 1.12. The van der Waals surface area contributed by atoms with Crippen molar-refractivity contribution in [3.8, 4) is 0 Å². The van der Waals surface area contributed by atoms with Crippen LogP contribution in [0.3, 0.4) is 0 Å². The van der Waals surface area contributed by atoms with Crippen molar-refractivity contribution in [2.45, 2.75) is 51.6 Å². The van der Waals surface area contributed by atoms with E-state index in [0.717, 1.165) is 25.8 Å². The van der Waals surface area contributed by atoms with E-state index in [0.29, 0.717) is 12.5 Å². The van der Waals surface area contributed by atoms with Crippen molar-refractivity contribution in [2.75, 3.05) is 6.54 Å². The van der Waals surface area contributed by atoms with Crippen molar-refractivity contribution >= 4 is 5.91 Å². The first-order valence-electron chi connectivity index (χ1n) is 5.16. The lowest BCUT2D eigenvalue weighted by Gasteiger charge is -2.21. The van der Waals surface area contributed by atoms with Crippen LogP contribution in [0.1, 0.15) is 39.5 Å². The Hall–Kier alpha value is -0.570. The molecule has 0 aromatic rings. The highest BCUT2D eigenvalue weighted by molar-refractivity contribution is 5.76. The molecule has 76 valence electrons. The molecule has 0 aliphatic carbocycles. The largest absolute Gasteiger partial charge is 0.340 e. The van der Waals surface area contributed by atoms with Gasteiger partial charge in [-0.2, -0.15) is 0 Å². The minimum absolute atomic E-state index is 0.141. The fraction of sp³-hybridized carbons (Fsp3) is 0.900. The van der Waals surface area contributed by atoms with Crippen LogP contribution in [0, 0.1) is 0 Å². The summed E-state index contributed by atoms with van der Waals surface area (Å²) >= 11 is 0. The van der Waals surface area contributed by atoms with Crippen LogP contribution in [0.15, 0.2) is 0 Å². The van der Waals surface area contributed by atoms with Gasteiger partial charge in [0.15, 0.2) is 0 Å². The number of hydrogen-bond acceptors (Lipinski definition) is 2. The third-order valence-electron chi connectivity index (χ3n) is 2.69. The van der Waals surface area contributed by atoms with Crippen LogP contribution >= 0.6 is 0 Å². The Morgan fingerprint density at radius 2 is 2.38 bits per heavy atom. The van der Waals surface area contributed by atoms with Crippen LogP contribution in [0.2, 0.25) is 0 Å². The van der Waals surface area contributed by atoms with Crippen LogP contribution in [0.25, 0.3) is 0 Å². The molecule has 2 unspecified atom stereocenters. The van der Waals surface area contributed by atoms with Gasteiger partial charge in [0, 0.05) is 25.0 Å². The number of rotatable bonds is 3. The van der Waals surface area contributed by atoms with Crippen LogP contribution in [0.4, 0.5) is 0 Å². The Kier molecular flexibility index (Phi) is 3.72.